The minimum Gasteiger partial charge on any atom is -0.451 e. The number of methoxy groups -OCH3 is 1. The first-order chi connectivity index (χ1) is 17.0. The number of aromatic nitrogens is 3. The van der Waals surface area contributed by atoms with Crippen LogP contribution in [0, 0.1) is 0 Å². The van der Waals surface area contributed by atoms with Crippen molar-refractivity contribution in [3.63, 3.8) is 0 Å². The van der Waals surface area contributed by atoms with Crippen LogP contribution in [0.15, 0.2) is 59.3 Å². The van der Waals surface area contributed by atoms with Gasteiger partial charge in [0.2, 0.25) is 5.82 Å². The van der Waals surface area contributed by atoms with Crippen molar-refractivity contribution in [3.05, 3.63) is 77.0 Å². The predicted octanol–water partition coefficient (Wildman–Crippen LogP) is 3.80. The first kappa shape index (κ1) is 23.1. The highest BCUT2D eigenvalue weighted by Gasteiger charge is 2.34. The van der Waals surface area contributed by atoms with Crippen molar-refractivity contribution in [1.82, 2.24) is 24.6 Å². The number of furan rings is 1. The van der Waals surface area contributed by atoms with Crippen molar-refractivity contribution in [2.24, 2.45) is 0 Å². The Labute approximate surface area is 206 Å². The Hall–Kier alpha value is -3.69. The molecule has 10 heteroatoms. The number of ether oxygens (including phenoxy) is 1. The van der Waals surface area contributed by atoms with Gasteiger partial charge in [0, 0.05) is 48.8 Å². The number of piperazine rings is 1. The largest absolute Gasteiger partial charge is 0.451 e. The number of benzene rings is 2. The van der Waals surface area contributed by atoms with Gasteiger partial charge in [0.25, 0.3) is 11.8 Å². The summed E-state index contributed by atoms with van der Waals surface area (Å²) in [5.41, 5.74) is 2.09. The van der Waals surface area contributed by atoms with E-state index in [1.807, 2.05) is 37.3 Å². The Morgan fingerprint density at radius 3 is 2.74 bits per heavy atom. The molecule has 4 aromatic rings. The van der Waals surface area contributed by atoms with Crippen LogP contribution in [0.1, 0.15) is 33.7 Å². The van der Waals surface area contributed by atoms with Crippen molar-refractivity contribution < 1.29 is 18.7 Å². The number of amides is 2. The van der Waals surface area contributed by atoms with E-state index in [4.69, 9.17) is 20.8 Å². The van der Waals surface area contributed by atoms with Crippen LogP contribution in [-0.4, -0.2) is 69.2 Å². The Kier molecular flexibility index (Phi) is 6.27. The highest BCUT2D eigenvalue weighted by Crippen LogP contribution is 2.28. The summed E-state index contributed by atoms with van der Waals surface area (Å²) in [5.74, 6) is -0.122. The Morgan fingerprint density at radius 1 is 1.14 bits per heavy atom. The van der Waals surface area contributed by atoms with E-state index in [0.29, 0.717) is 35.9 Å². The quantitative estimate of drug-likeness (QED) is 0.420. The number of rotatable bonds is 5. The first-order valence-electron chi connectivity index (χ1n) is 11.2. The molecule has 1 atom stereocenters. The first-order valence-corrected chi connectivity index (χ1v) is 11.6. The summed E-state index contributed by atoms with van der Waals surface area (Å²) in [6, 6.07) is 14.4. The molecule has 3 heterocycles. The highest BCUT2D eigenvalue weighted by atomic mass is 35.5. The molecular formula is C25H24ClN5O4. The van der Waals surface area contributed by atoms with Crippen LogP contribution in [-0.2, 0) is 11.3 Å². The maximum atomic E-state index is 13.4. The van der Waals surface area contributed by atoms with Gasteiger partial charge in [-0.3, -0.25) is 9.59 Å². The molecule has 0 radical (unpaired) electrons. The summed E-state index contributed by atoms with van der Waals surface area (Å²) in [4.78, 5) is 34.1. The van der Waals surface area contributed by atoms with Gasteiger partial charge in [0.15, 0.2) is 5.76 Å². The standard InChI is InChI=1S/C25H24ClN5O4/c1-16-13-29(24(32)22-20(14-34-2)19-8-3-4-9-21(19)35-22)10-11-30(16)25(33)23-27-15-31(28-23)18-7-5-6-17(26)12-18/h3-9,12,15-16H,10-11,13-14H2,1-2H3. The summed E-state index contributed by atoms with van der Waals surface area (Å²) in [6.45, 7) is 3.26. The van der Waals surface area contributed by atoms with Gasteiger partial charge in [-0.15, -0.1) is 5.10 Å². The van der Waals surface area contributed by atoms with Crippen LogP contribution in [0.3, 0.4) is 0 Å². The average Bonchev–Trinajstić information content (AvgIpc) is 3.49. The molecule has 180 valence electrons. The lowest BCUT2D eigenvalue weighted by Crippen LogP contribution is -2.55. The van der Waals surface area contributed by atoms with Crippen LogP contribution in [0.25, 0.3) is 16.7 Å². The zero-order valence-electron chi connectivity index (χ0n) is 19.3. The molecule has 5 rings (SSSR count). The number of carbonyl (C=O) groups excluding carboxylic acids is 2. The van der Waals surface area contributed by atoms with Gasteiger partial charge in [-0.05, 0) is 31.2 Å². The van der Waals surface area contributed by atoms with E-state index < -0.39 is 0 Å². The Balaban J connectivity index is 1.31. The molecule has 0 saturated carbocycles. The SMILES string of the molecule is COCc1c(C(=O)N2CCN(C(=O)c3ncn(-c4cccc(Cl)c4)n3)C(C)C2)oc2ccccc12. The molecule has 1 saturated heterocycles. The predicted molar refractivity (Wildman–Crippen MR) is 130 cm³/mol. The third-order valence-corrected chi connectivity index (χ3v) is 6.35. The number of nitrogens with zero attached hydrogens (tertiary/aromatic N) is 5. The van der Waals surface area contributed by atoms with Gasteiger partial charge >= 0.3 is 0 Å². The fourth-order valence-corrected chi connectivity index (χ4v) is 4.56. The molecule has 35 heavy (non-hydrogen) atoms. The van der Waals surface area contributed by atoms with Crippen molar-refractivity contribution in [2.45, 2.75) is 19.6 Å². The van der Waals surface area contributed by atoms with Crippen LogP contribution in [0.5, 0.6) is 0 Å². The molecule has 1 aliphatic rings. The topological polar surface area (TPSA) is 93.7 Å². The molecule has 1 fully saturated rings. The van der Waals surface area contributed by atoms with Crippen LogP contribution < -0.4 is 0 Å². The van der Waals surface area contributed by atoms with Crippen molar-refractivity contribution in [3.8, 4) is 5.69 Å². The molecule has 1 unspecified atom stereocenters. The Bertz CT molecular complexity index is 1400. The molecule has 2 aromatic heterocycles. The van der Waals surface area contributed by atoms with Gasteiger partial charge in [0.05, 0.1) is 12.3 Å². The lowest BCUT2D eigenvalue weighted by atomic mass is 10.1. The van der Waals surface area contributed by atoms with E-state index in [2.05, 4.69) is 10.1 Å². The summed E-state index contributed by atoms with van der Waals surface area (Å²) >= 11 is 6.06. The molecule has 9 nitrogen and oxygen atoms in total. The lowest BCUT2D eigenvalue weighted by Gasteiger charge is -2.39. The van der Waals surface area contributed by atoms with Gasteiger partial charge < -0.3 is 19.0 Å². The smallest absolute Gasteiger partial charge is 0.293 e. The second-order valence-electron chi connectivity index (χ2n) is 8.43. The summed E-state index contributed by atoms with van der Waals surface area (Å²) in [7, 11) is 1.59. The average molecular weight is 494 g/mol. The number of carbonyl (C=O) groups is 2. The minimum atomic E-state index is -0.283. The van der Waals surface area contributed by atoms with Crippen LogP contribution in [0.4, 0.5) is 0 Å². The summed E-state index contributed by atoms with van der Waals surface area (Å²) < 4.78 is 12.8. The number of para-hydroxylation sites is 1. The van der Waals surface area contributed by atoms with Crippen molar-refractivity contribution in [2.75, 3.05) is 26.7 Å². The van der Waals surface area contributed by atoms with Gasteiger partial charge in [-0.1, -0.05) is 35.9 Å². The second-order valence-corrected chi connectivity index (χ2v) is 8.87. The van der Waals surface area contributed by atoms with E-state index in [1.165, 1.54) is 11.0 Å². The number of hydrogen-bond acceptors (Lipinski definition) is 6. The third kappa shape index (κ3) is 4.40. The van der Waals surface area contributed by atoms with Crippen molar-refractivity contribution in [1.29, 1.82) is 0 Å². The molecule has 0 bridgehead atoms. The third-order valence-electron chi connectivity index (χ3n) is 6.11. The number of halogens is 1. The van der Waals surface area contributed by atoms with Crippen molar-refractivity contribution >= 4 is 34.4 Å². The highest BCUT2D eigenvalue weighted by molar-refractivity contribution is 6.30. The van der Waals surface area contributed by atoms with Gasteiger partial charge in [-0.2, -0.15) is 0 Å². The molecule has 2 aromatic carbocycles. The zero-order chi connectivity index (χ0) is 24.5. The molecule has 0 aliphatic carbocycles. The zero-order valence-corrected chi connectivity index (χ0v) is 20.1. The van der Waals surface area contributed by atoms with Crippen LogP contribution >= 0.6 is 11.6 Å². The fourth-order valence-electron chi connectivity index (χ4n) is 4.38. The summed E-state index contributed by atoms with van der Waals surface area (Å²) in [5, 5.41) is 5.77. The molecule has 1 aliphatic heterocycles. The molecule has 0 spiro atoms. The number of hydrogen-bond donors (Lipinski definition) is 0. The second kappa shape index (κ2) is 9.52. The van der Waals surface area contributed by atoms with Crippen LogP contribution in [0.2, 0.25) is 5.02 Å². The van der Waals surface area contributed by atoms with E-state index >= 15 is 0 Å². The number of fused-ring (bicyclic) bond motifs is 1. The van der Waals surface area contributed by atoms with E-state index in [-0.39, 0.29) is 36.0 Å². The van der Waals surface area contributed by atoms with E-state index in [9.17, 15) is 9.59 Å². The minimum absolute atomic E-state index is 0.0938. The normalized spacial score (nSPS) is 16.1. The molecule has 2 amide bonds. The van der Waals surface area contributed by atoms with Gasteiger partial charge in [-0.25, -0.2) is 9.67 Å². The van der Waals surface area contributed by atoms with E-state index in [1.54, 1.807) is 35.1 Å². The van der Waals surface area contributed by atoms with E-state index in [0.717, 1.165) is 10.9 Å². The maximum Gasteiger partial charge on any atom is 0.293 e. The monoisotopic (exact) mass is 493 g/mol. The maximum absolute atomic E-state index is 13.4. The molecular weight excluding hydrogens is 470 g/mol. The lowest BCUT2D eigenvalue weighted by molar-refractivity contribution is 0.0391. The fraction of sp³-hybridized carbons (Fsp3) is 0.280. The molecule has 0 N–H and O–H groups in total. The Morgan fingerprint density at radius 2 is 1.97 bits per heavy atom. The summed E-state index contributed by atoms with van der Waals surface area (Å²) in [6.07, 6.45) is 1.49. The van der Waals surface area contributed by atoms with Gasteiger partial charge in [0.1, 0.15) is 11.9 Å².